The molecule has 2 N–H and O–H groups in total. The molecule has 0 saturated heterocycles. The highest BCUT2D eigenvalue weighted by Gasteiger charge is 2.37. The van der Waals surface area contributed by atoms with Gasteiger partial charge in [-0.3, -0.25) is 14.9 Å². The van der Waals surface area contributed by atoms with Gasteiger partial charge in [-0.15, -0.1) is 0 Å². The average Bonchev–Trinajstić information content (AvgIpc) is 2.48. The molecule has 2 rings (SSSR count). The van der Waals surface area contributed by atoms with Crippen molar-refractivity contribution in [1.82, 2.24) is 0 Å². The molecule has 2 atom stereocenters. The van der Waals surface area contributed by atoms with E-state index in [1.807, 2.05) is 13.8 Å². The third-order valence-corrected chi connectivity index (χ3v) is 3.42. The number of ether oxygens (including phenoxy) is 1. The first-order valence-electron chi connectivity index (χ1n) is 6.90. The lowest BCUT2D eigenvalue weighted by molar-refractivity contribution is -0.384. The largest absolute Gasteiger partial charge is 0.478 e. The van der Waals surface area contributed by atoms with Crippen molar-refractivity contribution in [2.45, 2.75) is 26.1 Å². The van der Waals surface area contributed by atoms with Gasteiger partial charge < -0.3 is 19.8 Å². The van der Waals surface area contributed by atoms with Gasteiger partial charge in [0.25, 0.3) is 11.6 Å². The summed E-state index contributed by atoms with van der Waals surface area (Å²) in [6.45, 7) is 2.97. The molecular formula is C14H18N2O6. The highest BCUT2D eigenvalue weighted by Crippen LogP contribution is 2.38. The zero-order valence-corrected chi connectivity index (χ0v) is 12.3. The monoisotopic (exact) mass is 310 g/mol. The van der Waals surface area contributed by atoms with E-state index in [0.29, 0.717) is 5.75 Å². The minimum atomic E-state index is -1.14. The highest BCUT2D eigenvalue weighted by molar-refractivity contribution is 6.00. The topological polar surface area (TPSA) is 113 Å². The molecule has 1 aromatic rings. The van der Waals surface area contributed by atoms with Crippen LogP contribution in [0, 0.1) is 16.0 Å². The van der Waals surface area contributed by atoms with Crippen molar-refractivity contribution in [3.8, 4) is 5.75 Å². The molecule has 8 nitrogen and oxygen atoms in total. The van der Waals surface area contributed by atoms with Gasteiger partial charge >= 0.3 is 0 Å². The lowest BCUT2D eigenvalue weighted by Gasteiger charge is -2.36. The van der Waals surface area contributed by atoms with Crippen LogP contribution in [0.4, 0.5) is 11.4 Å². The average molecular weight is 310 g/mol. The molecule has 8 heteroatoms. The second-order valence-electron chi connectivity index (χ2n) is 5.48. The number of anilines is 1. The summed E-state index contributed by atoms with van der Waals surface area (Å²) in [6.07, 6.45) is -1.87. The Hall–Kier alpha value is -2.19. The number of hydrogen-bond acceptors (Lipinski definition) is 6. The smallest absolute Gasteiger partial charge is 0.271 e. The number of aliphatic hydroxyl groups is 2. The van der Waals surface area contributed by atoms with Crippen LogP contribution in [-0.4, -0.2) is 46.4 Å². The minimum absolute atomic E-state index is 0.107. The Bertz CT molecular complexity index is 589. The number of carbonyl (C=O) groups excluding carboxylic acids is 1. The van der Waals surface area contributed by atoms with Gasteiger partial charge in [0.05, 0.1) is 29.9 Å². The molecule has 0 aromatic heterocycles. The molecule has 1 aliphatic heterocycles. The van der Waals surface area contributed by atoms with Crippen LogP contribution in [0.1, 0.15) is 13.8 Å². The molecular weight excluding hydrogens is 292 g/mol. The molecule has 0 aliphatic carbocycles. The summed E-state index contributed by atoms with van der Waals surface area (Å²) >= 11 is 0. The van der Waals surface area contributed by atoms with Crippen molar-refractivity contribution in [2.24, 2.45) is 5.92 Å². The van der Waals surface area contributed by atoms with E-state index in [2.05, 4.69) is 0 Å². The Morgan fingerprint density at radius 3 is 2.68 bits per heavy atom. The maximum Gasteiger partial charge on any atom is 0.271 e. The first-order chi connectivity index (χ1) is 10.3. The van der Waals surface area contributed by atoms with Gasteiger partial charge in [-0.05, 0) is 12.0 Å². The lowest BCUT2D eigenvalue weighted by atomic mass is 10.0. The third-order valence-electron chi connectivity index (χ3n) is 3.42. The second-order valence-corrected chi connectivity index (χ2v) is 5.48. The Morgan fingerprint density at radius 1 is 1.45 bits per heavy atom. The van der Waals surface area contributed by atoms with E-state index in [1.54, 1.807) is 0 Å². The Kier molecular flexibility index (Phi) is 4.62. The molecule has 1 aliphatic rings. The molecule has 1 amide bonds. The standard InChI is InChI=1S/C14H18N2O6/c1-8(2)13-14(19)15(6-10(18)7-17)11-5-9(16(20)21)3-4-12(11)22-13/h3-5,8,10,13,17-18H,6-7H2,1-2H3. The van der Waals surface area contributed by atoms with Gasteiger partial charge in [0.15, 0.2) is 6.10 Å². The molecule has 0 saturated carbocycles. The maximum atomic E-state index is 12.5. The number of rotatable bonds is 5. The van der Waals surface area contributed by atoms with E-state index in [-0.39, 0.29) is 23.8 Å². The van der Waals surface area contributed by atoms with E-state index in [4.69, 9.17) is 9.84 Å². The predicted molar refractivity (Wildman–Crippen MR) is 77.8 cm³/mol. The molecule has 120 valence electrons. The van der Waals surface area contributed by atoms with E-state index < -0.39 is 29.6 Å². The first-order valence-corrected chi connectivity index (χ1v) is 6.90. The number of β-amino-alcohol motifs (C(OH)–C–C–N with tert-alkyl or cyclic N) is 1. The summed E-state index contributed by atoms with van der Waals surface area (Å²) in [7, 11) is 0. The molecule has 1 heterocycles. The molecule has 1 aromatic carbocycles. The number of nitrogens with zero attached hydrogens (tertiary/aromatic N) is 2. The quantitative estimate of drug-likeness (QED) is 0.611. The second kappa shape index (κ2) is 6.29. The van der Waals surface area contributed by atoms with Crippen molar-refractivity contribution < 1.29 is 24.7 Å². The van der Waals surface area contributed by atoms with Crippen LogP contribution in [0.3, 0.4) is 0 Å². The molecule has 22 heavy (non-hydrogen) atoms. The number of non-ortho nitro benzene ring substituents is 1. The Labute approximate surface area is 127 Å². The zero-order chi connectivity index (χ0) is 16.4. The molecule has 0 radical (unpaired) electrons. The minimum Gasteiger partial charge on any atom is -0.478 e. The van der Waals surface area contributed by atoms with E-state index >= 15 is 0 Å². The van der Waals surface area contributed by atoms with Crippen LogP contribution in [0.25, 0.3) is 0 Å². The van der Waals surface area contributed by atoms with E-state index in [0.717, 1.165) is 0 Å². The van der Waals surface area contributed by atoms with Crippen molar-refractivity contribution in [2.75, 3.05) is 18.1 Å². The number of hydrogen-bond donors (Lipinski definition) is 2. The van der Waals surface area contributed by atoms with Gasteiger partial charge in [-0.2, -0.15) is 0 Å². The summed E-state index contributed by atoms with van der Waals surface area (Å²) in [6, 6.07) is 3.97. The van der Waals surface area contributed by atoms with Crippen LogP contribution in [0.15, 0.2) is 18.2 Å². The van der Waals surface area contributed by atoms with Gasteiger partial charge in [-0.1, -0.05) is 13.8 Å². The van der Waals surface area contributed by atoms with E-state index in [9.17, 15) is 20.0 Å². The molecule has 0 spiro atoms. The molecule has 0 bridgehead atoms. The molecule has 2 unspecified atom stereocenters. The Balaban J connectivity index is 2.46. The lowest BCUT2D eigenvalue weighted by Crippen LogP contribution is -2.51. The Morgan fingerprint density at radius 2 is 2.14 bits per heavy atom. The number of carbonyl (C=O) groups is 1. The number of aliphatic hydroxyl groups excluding tert-OH is 2. The van der Waals surface area contributed by atoms with Crippen molar-refractivity contribution in [1.29, 1.82) is 0 Å². The van der Waals surface area contributed by atoms with Gasteiger partial charge in [0.2, 0.25) is 0 Å². The van der Waals surface area contributed by atoms with Crippen LogP contribution in [-0.2, 0) is 4.79 Å². The van der Waals surface area contributed by atoms with Crippen LogP contribution >= 0.6 is 0 Å². The predicted octanol–water partition coefficient (Wildman–Crippen LogP) is 0.698. The van der Waals surface area contributed by atoms with Crippen LogP contribution < -0.4 is 9.64 Å². The fourth-order valence-electron chi connectivity index (χ4n) is 2.27. The number of amides is 1. The van der Waals surface area contributed by atoms with Gasteiger partial charge in [-0.25, -0.2) is 0 Å². The molecule has 0 fully saturated rings. The van der Waals surface area contributed by atoms with Crippen molar-refractivity contribution in [3.05, 3.63) is 28.3 Å². The summed E-state index contributed by atoms with van der Waals surface area (Å²) in [4.78, 5) is 24.1. The zero-order valence-electron chi connectivity index (χ0n) is 12.3. The van der Waals surface area contributed by atoms with Crippen LogP contribution in [0.5, 0.6) is 5.75 Å². The SMILES string of the molecule is CC(C)C1Oc2ccc([N+](=O)[O-])cc2N(CC(O)CO)C1=O. The number of nitro groups is 1. The van der Waals surface area contributed by atoms with Crippen LogP contribution in [0.2, 0.25) is 0 Å². The fraction of sp³-hybridized carbons (Fsp3) is 0.500. The highest BCUT2D eigenvalue weighted by atomic mass is 16.6. The van der Waals surface area contributed by atoms with Crippen molar-refractivity contribution >= 4 is 17.3 Å². The summed E-state index contributed by atoms with van der Waals surface area (Å²) < 4.78 is 5.63. The third kappa shape index (κ3) is 3.02. The summed E-state index contributed by atoms with van der Waals surface area (Å²) in [5.41, 5.74) is 0.0465. The van der Waals surface area contributed by atoms with E-state index in [1.165, 1.54) is 23.1 Å². The fourth-order valence-corrected chi connectivity index (χ4v) is 2.27. The number of nitro benzene ring substituents is 1. The van der Waals surface area contributed by atoms with Crippen molar-refractivity contribution in [3.63, 3.8) is 0 Å². The maximum absolute atomic E-state index is 12.5. The first kappa shape index (κ1) is 16.2. The summed E-state index contributed by atoms with van der Waals surface area (Å²) in [5, 5.41) is 29.5. The van der Waals surface area contributed by atoms with Gasteiger partial charge in [0.1, 0.15) is 5.75 Å². The van der Waals surface area contributed by atoms with Gasteiger partial charge in [0, 0.05) is 12.1 Å². The number of fused-ring (bicyclic) bond motifs is 1. The normalized spacial score (nSPS) is 18.9. The summed E-state index contributed by atoms with van der Waals surface area (Å²) in [5.74, 6) is -0.158. The number of benzene rings is 1.